The zero-order valence-corrected chi connectivity index (χ0v) is 32.9. The summed E-state index contributed by atoms with van der Waals surface area (Å²) in [6, 6.07) is 71.4. The maximum Gasteiger partial charge on any atom is 0.164 e. The van der Waals surface area contributed by atoms with Gasteiger partial charge >= 0.3 is 0 Å². The van der Waals surface area contributed by atoms with Gasteiger partial charge in [0.05, 0.1) is 0 Å². The van der Waals surface area contributed by atoms with Gasteiger partial charge in [-0.2, -0.15) is 0 Å². The predicted molar refractivity (Wildman–Crippen MR) is 245 cm³/mol. The Morgan fingerprint density at radius 3 is 1.22 bits per heavy atom. The van der Waals surface area contributed by atoms with Crippen LogP contribution in [0.15, 0.2) is 200 Å². The average molecular weight is 754 g/mol. The Labute approximate surface area is 344 Å². The third-order valence-electron chi connectivity index (χ3n) is 12.2. The largest absolute Gasteiger partial charge is 0.208 e. The van der Waals surface area contributed by atoms with Crippen molar-refractivity contribution in [2.45, 2.75) is 19.3 Å². The van der Waals surface area contributed by atoms with Crippen molar-refractivity contribution in [3.8, 4) is 78.7 Å². The first-order valence-corrected chi connectivity index (χ1v) is 20.3. The molecule has 0 amide bonds. The molecule has 1 aromatic heterocycles. The van der Waals surface area contributed by atoms with Crippen LogP contribution in [0.4, 0.5) is 0 Å². The van der Waals surface area contributed by atoms with Crippen molar-refractivity contribution in [2.75, 3.05) is 0 Å². The van der Waals surface area contributed by atoms with Crippen LogP contribution in [0.25, 0.3) is 100 Å². The molecule has 9 aromatic carbocycles. The van der Waals surface area contributed by atoms with E-state index < -0.39 is 0 Å². The molecule has 0 atom stereocenters. The van der Waals surface area contributed by atoms with Crippen LogP contribution >= 0.6 is 0 Å². The monoisotopic (exact) mass is 753 g/mol. The SMILES string of the molecule is CC1(C)c2ccccc2-c2ccc(-c3ccc(-c4nc(-c5ccccc5-c5ccccc5)nc(-c5ccc(-c6ccccc6)c6ccccc56)n4)c4ccccc34)cc21. The molecule has 1 heterocycles. The molecule has 0 aliphatic heterocycles. The average Bonchev–Trinajstić information content (AvgIpc) is 3.53. The van der Waals surface area contributed by atoms with Gasteiger partial charge in [-0.05, 0) is 95.4 Å². The molecule has 3 nitrogen and oxygen atoms in total. The molecule has 0 saturated carbocycles. The number of nitrogens with zero attached hydrogens (tertiary/aromatic N) is 3. The number of benzene rings is 9. The summed E-state index contributed by atoms with van der Waals surface area (Å²) in [7, 11) is 0. The van der Waals surface area contributed by atoms with Crippen molar-refractivity contribution in [2.24, 2.45) is 0 Å². The summed E-state index contributed by atoms with van der Waals surface area (Å²) < 4.78 is 0. The molecule has 278 valence electrons. The lowest BCUT2D eigenvalue weighted by Crippen LogP contribution is -2.14. The van der Waals surface area contributed by atoms with E-state index in [1.807, 2.05) is 6.07 Å². The van der Waals surface area contributed by atoms with Gasteiger partial charge in [0.1, 0.15) is 0 Å². The highest BCUT2D eigenvalue weighted by Gasteiger charge is 2.35. The van der Waals surface area contributed by atoms with Crippen LogP contribution in [-0.4, -0.2) is 15.0 Å². The van der Waals surface area contributed by atoms with Crippen molar-refractivity contribution in [1.82, 2.24) is 15.0 Å². The first-order chi connectivity index (χ1) is 29.0. The third-order valence-corrected chi connectivity index (χ3v) is 12.2. The van der Waals surface area contributed by atoms with E-state index in [0.717, 1.165) is 49.4 Å². The summed E-state index contributed by atoms with van der Waals surface area (Å²) in [5, 5.41) is 4.50. The Bertz CT molecular complexity index is 3240. The molecule has 59 heavy (non-hydrogen) atoms. The minimum atomic E-state index is -0.0884. The van der Waals surface area contributed by atoms with E-state index in [2.05, 4.69) is 208 Å². The Hall–Kier alpha value is -7.49. The van der Waals surface area contributed by atoms with E-state index >= 15 is 0 Å². The Morgan fingerprint density at radius 1 is 0.271 bits per heavy atom. The first kappa shape index (κ1) is 34.7. The fraction of sp³-hybridized carbons (Fsp3) is 0.0536. The maximum absolute atomic E-state index is 5.37. The van der Waals surface area contributed by atoms with Gasteiger partial charge < -0.3 is 0 Å². The molecule has 1 aliphatic carbocycles. The Balaban J connectivity index is 1.12. The third kappa shape index (κ3) is 5.77. The van der Waals surface area contributed by atoms with Gasteiger partial charge in [-0.3, -0.25) is 0 Å². The van der Waals surface area contributed by atoms with Crippen LogP contribution in [0.5, 0.6) is 0 Å². The smallest absolute Gasteiger partial charge is 0.164 e. The van der Waals surface area contributed by atoms with Gasteiger partial charge in [-0.1, -0.05) is 196 Å². The standard InChI is InChI=1S/C56H39N3/c1-56(2)51-28-16-15-26-46(51)47-30-29-38(35-52(47)56)41-32-34-50(45-25-13-11-23-43(41)45)55-58-53(48-27-14-9-21-39(48)36-17-5-3-6-18-36)57-54(59-55)49-33-31-40(37-19-7-4-8-20-37)42-22-10-12-24-44(42)49/h3-35H,1-2H3. The predicted octanol–water partition coefficient (Wildman–Crippen LogP) is 14.5. The van der Waals surface area contributed by atoms with E-state index in [4.69, 9.17) is 15.0 Å². The lowest BCUT2D eigenvalue weighted by molar-refractivity contribution is 0.660. The number of aromatic nitrogens is 3. The van der Waals surface area contributed by atoms with Crippen LogP contribution < -0.4 is 0 Å². The molecule has 0 saturated heterocycles. The molecule has 10 aromatic rings. The quantitative estimate of drug-likeness (QED) is 0.170. The van der Waals surface area contributed by atoms with E-state index in [1.165, 1.54) is 44.5 Å². The Morgan fingerprint density at radius 2 is 0.644 bits per heavy atom. The number of hydrogen-bond donors (Lipinski definition) is 0. The van der Waals surface area contributed by atoms with Crippen LogP contribution in [0, 0.1) is 0 Å². The summed E-state index contributed by atoms with van der Waals surface area (Å²) in [6.07, 6.45) is 0. The number of hydrogen-bond acceptors (Lipinski definition) is 3. The summed E-state index contributed by atoms with van der Waals surface area (Å²) >= 11 is 0. The lowest BCUT2D eigenvalue weighted by Gasteiger charge is -2.22. The number of fused-ring (bicyclic) bond motifs is 5. The van der Waals surface area contributed by atoms with E-state index in [1.54, 1.807) is 0 Å². The highest BCUT2D eigenvalue weighted by Crippen LogP contribution is 2.50. The summed E-state index contributed by atoms with van der Waals surface area (Å²) in [5.74, 6) is 1.91. The number of rotatable bonds is 6. The van der Waals surface area contributed by atoms with Crippen molar-refractivity contribution < 1.29 is 0 Å². The van der Waals surface area contributed by atoms with E-state index in [0.29, 0.717) is 17.5 Å². The van der Waals surface area contributed by atoms with Crippen LogP contribution in [0.2, 0.25) is 0 Å². The van der Waals surface area contributed by atoms with E-state index in [-0.39, 0.29) is 5.41 Å². The van der Waals surface area contributed by atoms with Crippen molar-refractivity contribution >= 4 is 21.5 Å². The van der Waals surface area contributed by atoms with Crippen molar-refractivity contribution in [1.29, 1.82) is 0 Å². The highest BCUT2D eigenvalue weighted by molar-refractivity contribution is 6.06. The molecule has 11 rings (SSSR count). The van der Waals surface area contributed by atoms with Crippen LogP contribution in [0.3, 0.4) is 0 Å². The fourth-order valence-electron chi connectivity index (χ4n) is 9.27. The molecule has 3 heteroatoms. The minimum Gasteiger partial charge on any atom is -0.208 e. The molecule has 0 fully saturated rings. The van der Waals surface area contributed by atoms with Crippen molar-refractivity contribution in [3.05, 3.63) is 211 Å². The molecule has 0 N–H and O–H groups in total. The zero-order valence-electron chi connectivity index (χ0n) is 32.9. The van der Waals surface area contributed by atoms with Gasteiger partial charge in [0.25, 0.3) is 0 Å². The second-order valence-corrected chi connectivity index (χ2v) is 15.9. The maximum atomic E-state index is 5.37. The second kappa shape index (κ2) is 13.9. The molecule has 1 aliphatic rings. The van der Waals surface area contributed by atoms with Crippen LogP contribution in [0.1, 0.15) is 25.0 Å². The molecular formula is C56H39N3. The van der Waals surface area contributed by atoms with Crippen LogP contribution in [-0.2, 0) is 5.41 Å². The minimum absolute atomic E-state index is 0.0884. The molecule has 0 spiro atoms. The zero-order chi connectivity index (χ0) is 39.5. The highest BCUT2D eigenvalue weighted by atomic mass is 15.0. The first-order valence-electron chi connectivity index (χ1n) is 20.3. The van der Waals surface area contributed by atoms with Gasteiger partial charge in [0.15, 0.2) is 17.5 Å². The molecule has 0 bridgehead atoms. The Kier molecular flexibility index (Phi) is 8.16. The van der Waals surface area contributed by atoms with Gasteiger partial charge in [0, 0.05) is 22.1 Å². The molecule has 0 radical (unpaired) electrons. The molecule has 0 unspecified atom stereocenters. The van der Waals surface area contributed by atoms with Crippen molar-refractivity contribution in [3.63, 3.8) is 0 Å². The summed E-state index contributed by atoms with van der Waals surface area (Å²) in [5.41, 5.74) is 15.1. The molecular weight excluding hydrogens is 715 g/mol. The summed E-state index contributed by atoms with van der Waals surface area (Å²) in [6.45, 7) is 4.68. The summed E-state index contributed by atoms with van der Waals surface area (Å²) in [4.78, 5) is 16.0. The second-order valence-electron chi connectivity index (χ2n) is 15.9. The fourth-order valence-corrected chi connectivity index (χ4v) is 9.27. The normalized spacial score (nSPS) is 12.7. The topological polar surface area (TPSA) is 38.7 Å². The van der Waals surface area contributed by atoms with Gasteiger partial charge in [-0.25, -0.2) is 15.0 Å². The van der Waals surface area contributed by atoms with Gasteiger partial charge in [-0.15, -0.1) is 0 Å². The van der Waals surface area contributed by atoms with E-state index in [9.17, 15) is 0 Å². The van der Waals surface area contributed by atoms with Gasteiger partial charge in [0.2, 0.25) is 0 Å². The lowest BCUT2D eigenvalue weighted by atomic mass is 9.81.